The third-order valence-corrected chi connectivity index (χ3v) is 24.5. The summed E-state index contributed by atoms with van der Waals surface area (Å²) in [5.74, 6) is 1.56. The van der Waals surface area contributed by atoms with Gasteiger partial charge in [0.1, 0.15) is 23.9 Å². The number of halogens is 5. The number of thiocarbonyl (C=S) groups is 1. The molecule has 4 atom stereocenters. The van der Waals surface area contributed by atoms with Crippen LogP contribution in [0.5, 0.6) is 11.5 Å². The minimum Gasteiger partial charge on any atom is -0.497 e. The van der Waals surface area contributed by atoms with Gasteiger partial charge in [0.05, 0.1) is 64.8 Å². The Balaban J connectivity index is 0.000000126. The van der Waals surface area contributed by atoms with Crippen molar-refractivity contribution in [3.8, 4) is 11.5 Å². The van der Waals surface area contributed by atoms with E-state index in [2.05, 4.69) is 160 Å². The molecule has 7 aromatic carbocycles. The number of aromatic nitrogens is 4. The van der Waals surface area contributed by atoms with E-state index in [0.29, 0.717) is 78.1 Å². The summed E-state index contributed by atoms with van der Waals surface area (Å²) in [6.07, 6.45) is 9.08. The second-order valence-electron chi connectivity index (χ2n) is 29.0. The molecule has 0 spiro atoms. The highest BCUT2D eigenvalue weighted by atomic mass is 79.9. The summed E-state index contributed by atoms with van der Waals surface area (Å²) in [6, 6.07) is 47.7. The van der Waals surface area contributed by atoms with Crippen molar-refractivity contribution in [2.45, 2.75) is 108 Å². The smallest absolute Gasteiger partial charge is 0.410 e. The Morgan fingerprint density at radius 2 is 1.04 bits per heavy atom. The van der Waals surface area contributed by atoms with Crippen molar-refractivity contribution in [3.05, 3.63) is 231 Å². The lowest BCUT2D eigenvalue weighted by Gasteiger charge is -2.39. The third kappa shape index (κ3) is 17.8. The summed E-state index contributed by atoms with van der Waals surface area (Å²) >= 11 is 20.1. The van der Waals surface area contributed by atoms with E-state index in [9.17, 15) is 23.6 Å². The zero-order valence-electron chi connectivity index (χ0n) is 63.3. The monoisotopic (exact) mass is 1790 g/mol. The first-order valence-electron chi connectivity index (χ1n) is 38.2. The van der Waals surface area contributed by atoms with Crippen LogP contribution in [0.25, 0.3) is 43.6 Å². The molecular formula is C86H92Br4FN11O9S. The first-order valence-corrected chi connectivity index (χ1v) is 41.8. The molecule has 1 aliphatic carbocycles. The summed E-state index contributed by atoms with van der Waals surface area (Å²) in [6.45, 7) is 9.84. The van der Waals surface area contributed by atoms with E-state index in [0.717, 1.165) is 127 Å². The number of fused-ring (bicyclic) bond motifs is 12. The van der Waals surface area contributed by atoms with Gasteiger partial charge in [0.15, 0.2) is 5.11 Å². The molecule has 0 radical (unpaired) electrons. The minimum atomic E-state index is -0.341. The highest BCUT2D eigenvalue weighted by Gasteiger charge is 2.39. The Labute approximate surface area is 690 Å². The Kier molecular flexibility index (Phi) is 25.9. The standard InChI is InChI=1S/C25H27BrN4O3.C25H28FN3OS.C22H22Br2N2O3.C14H15BrN2O2/c1-15(31)29-9-11-30(12-10-29)25(32)22-14-20-19-13-17(26)5-8-21(19)27-24(20)23(28-22)16-3-6-18(33-2)7-4-16;1-30-19-10-7-16(8-11-19)24-23-20(21-15-17(26)9-12-22(21)28-23)13-14-29(24)25(31)27-18-5-3-2-4-6-18;1-28-10-11-29-13-20(27)26-9-8-17-18-12-16(24)6-7-19(18)25-21(17)22(26)14-2-4-15(23)5-3-14;1-2-19-14(18)17-6-5-13-11(8-17)10-7-9(15)3-4-12(10)16-13/h3-8,13,22-23,27-28H,9-12,14H2,1-2H3;7-12,15,18,24,28H,2-6,13-14H2,1H3,(H,27,31);2-7,12,22,25H,8-11,13H2,1H3;3-4,7,16H,2,5-6,8H2,1H3. The number of carbonyl (C=O) groups is 4. The highest BCUT2D eigenvalue weighted by molar-refractivity contribution is 9.11. The molecule has 6 aliphatic rings. The van der Waals surface area contributed by atoms with Crippen LogP contribution < -0.4 is 20.1 Å². The van der Waals surface area contributed by atoms with Gasteiger partial charge < -0.3 is 73.4 Å². The van der Waals surface area contributed by atoms with Crippen LogP contribution in [-0.4, -0.2) is 179 Å². The van der Waals surface area contributed by atoms with E-state index in [1.54, 1.807) is 44.1 Å². The summed E-state index contributed by atoms with van der Waals surface area (Å²) in [5, 5.41) is 12.6. The van der Waals surface area contributed by atoms with Gasteiger partial charge in [-0.05, 0) is 194 Å². The highest BCUT2D eigenvalue weighted by Crippen LogP contribution is 2.43. The third-order valence-electron chi connectivity index (χ3n) is 22.2. The molecule has 1 saturated carbocycles. The lowest BCUT2D eigenvalue weighted by atomic mass is 9.89. The number of rotatable bonds is 13. The zero-order chi connectivity index (χ0) is 78.3. The minimum absolute atomic E-state index is 0.0143. The number of ether oxygens (including phenoxy) is 5. The van der Waals surface area contributed by atoms with E-state index >= 15 is 0 Å². The molecular weight excluding hydrogens is 1700 g/mol. The van der Waals surface area contributed by atoms with Crippen LogP contribution in [0.1, 0.15) is 126 Å². The van der Waals surface area contributed by atoms with Gasteiger partial charge in [0, 0.05) is 162 Å². The first-order chi connectivity index (χ1) is 54.3. The maximum absolute atomic E-state index is 14.0. The van der Waals surface area contributed by atoms with Crippen LogP contribution in [0, 0.1) is 5.82 Å². The largest absolute Gasteiger partial charge is 0.497 e. The molecule has 4 unspecified atom stereocenters. The van der Waals surface area contributed by atoms with E-state index < -0.39 is 0 Å². The molecule has 9 heterocycles. The molecule has 20 nitrogen and oxygen atoms in total. The zero-order valence-corrected chi connectivity index (χ0v) is 70.5. The number of H-pyrrole nitrogens is 4. The Hall–Kier alpha value is -8.60. The number of nitrogens with zero attached hydrogens (tertiary/aromatic N) is 5. The van der Waals surface area contributed by atoms with E-state index in [1.807, 2.05) is 89.5 Å². The molecule has 586 valence electrons. The molecule has 26 heteroatoms. The van der Waals surface area contributed by atoms with Crippen LogP contribution in [0.15, 0.2) is 163 Å². The molecule has 1 saturated heterocycles. The van der Waals surface area contributed by atoms with Crippen LogP contribution >= 0.6 is 75.9 Å². The molecule has 11 aromatic rings. The van der Waals surface area contributed by atoms with Gasteiger partial charge in [-0.2, -0.15) is 0 Å². The first kappa shape index (κ1) is 80.0. The number of hydrogen-bond donors (Lipinski definition) is 6. The van der Waals surface area contributed by atoms with Gasteiger partial charge in [-0.1, -0.05) is 119 Å². The van der Waals surface area contributed by atoms with E-state index in [1.165, 1.54) is 76.9 Å². The lowest BCUT2D eigenvalue weighted by molar-refractivity contribution is -0.140. The molecule has 6 N–H and O–H groups in total. The van der Waals surface area contributed by atoms with Crippen molar-refractivity contribution < 1.29 is 47.3 Å². The van der Waals surface area contributed by atoms with Gasteiger partial charge >= 0.3 is 6.09 Å². The average molecular weight is 1790 g/mol. The van der Waals surface area contributed by atoms with Gasteiger partial charge in [-0.25, -0.2) is 9.18 Å². The molecule has 0 bridgehead atoms. The molecule has 17 rings (SSSR count). The number of hydrogen-bond acceptors (Lipinski definition) is 11. The molecule has 2 fully saturated rings. The number of nitrogens with one attached hydrogen (secondary N) is 6. The van der Waals surface area contributed by atoms with Crippen LogP contribution in [0.2, 0.25) is 0 Å². The Morgan fingerprint density at radius 1 is 0.536 bits per heavy atom. The normalized spacial score (nSPS) is 18.1. The maximum atomic E-state index is 14.0. The van der Waals surface area contributed by atoms with Crippen molar-refractivity contribution in [3.63, 3.8) is 0 Å². The molecule has 4 amide bonds. The van der Waals surface area contributed by atoms with Crippen molar-refractivity contribution in [2.24, 2.45) is 0 Å². The number of carbonyl (C=O) groups excluding carboxylic acids is 4. The maximum Gasteiger partial charge on any atom is 0.410 e. The fourth-order valence-electron chi connectivity index (χ4n) is 16.5. The van der Waals surface area contributed by atoms with Gasteiger partial charge in [0.25, 0.3) is 0 Å². The van der Waals surface area contributed by atoms with E-state index in [4.69, 9.17) is 35.9 Å². The van der Waals surface area contributed by atoms with Crippen LogP contribution in [-0.2, 0) is 60.8 Å². The SMILES string of the molecule is CCOC(=O)N1CCc2[nH]c3ccc(Br)cc3c2C1.COCCOCC(=O)N1CCc2c([nH]c3ccc(Br)cc23)C1c1ccc(Br)cc1.COc1ccc(C2NC(C(=O)N3CCN(C(C)=O)CC3)Cc3c2[nH]c2ccc(Br)cc32)cc1.COc1ccc(C2c3[nH]c4ccc(F)cc4c3CCN2C(=S)NC2CCCCC2)cc1. The second kappa shape index (κ2) is 36.3. The van der Waals surface area contributed by atoms with Crippen LogP contribution in [0.3, 0.4) is 0 Å². The Morgan fingerprint density at radius 3 is 1.62 bits per heavy atom. The number of benzene rings is 7. The number of methoxy groups -OCH3 is 3. The van der Waals surface area contributed by atoms with Crippen molar-refractivity contribution in [1.29, 1.82) is 0 Å². The number of piperazine rings is 1. The van der Waals surface area contributed by atoms with Crippen molar-refractivity contribution in [1.82, 2.24) is 55.1 Å². The summed E-state index contributed by atoms with van der Waals surface area (Å²) < 4.78 is 44.4. The van der Waals surface area contributed by atoms with Crippen LogP contribution in [0.4, 0.5) is 9.18 Å². The summed E-state index contributed by atoms with van der Waals surface area (Å²) in [7, 11) is 4.95. The quantitative estimate of drug-likeness (QED) is 0.0468. The van der Waals surface area contributed by atoms with Gasteiger partial charge in [0.2, 0.25) is 17.7 Å². The average Bonchev–Trinajstić information content (AvgIpc) is 1.65. The van der Waals surface area contributed by atoms with Gasteiger partial charge in [-0.15, -0.1) is 0 Å². The fraction of sp³-hybridized carbons (Fsp3) is 0.360. The van der Waals surface area contributed by atoms with Crippen molar-refractivity contribution in [2.75, 3.05) is 93.6 Å². The Bertz CT molecular complexity index is 5210. The number of amides is 4. The van der Waals surface area contributed by atoms with Gasteiger partial charge in [-0.3, -0.25) is 19.7 Å². The predicted octanol–water partition coefficient (Wildman–Crippen LogP) is 17.0. The topological polar surface area (TPSA) is 218 Å². The number of aromatic amines is 4. The summed E-state index contributed by atoms with van der Waals surface area (Å²) in [5.41, 5.74) is 16.9. The van der Waals surface area contributed by atoms with E-state index in [-0.39, 0.29) is 60.4 Å². The van der Waals surface area contributed by atoms with Crippen molar-refractivity contribution >= 4 is 148 Å². The molecule has 4 aromatic heterocycles. The fourth-order valence-corrected chi connectivity index (χ4v) is 18.2. The molecule has 112 heavy (non-hydrogen) atoms. The summed E-state index contributed by atoms with van der Waals surface area (Å²) in [4.78, 5) is 73.9. The predicted molar refractivity (Wildman–Crippen MR) is 454 cm³/mol. The molecule has 5 aliphatic heterocycles. The second-order valence-corrected chi connectivity index (χ2v) is 33.0. The lowest BCUT2D eigenvalue weighted by Crippen LogP contribution is -2.56.